The molecule has 1 amide bonds. The lowest BCUT2D eigenvalue weighted by Gasteiger charge is -2.29. The molecule has 3 N–H and O–H groups in total. The van der Waals surface area contributed by atoms with E-state index < -0.39 is 5.91 Å². The largest absolute Gasteiger partial charge is 0.366 e. The number of hydrogen-bond acceptors (Lipinski definition) is 4. The van der Waals surface area contributed by atoms with Crippen molar-refractivity contribution < 1.29 is 10.0 Å². The molecule has 17 heavy (non-hydrogen) atoms. The van der Waals surface area contributed by atoms with Gasteiger partial charge in [-0.15, -0.1) is 0 Å². The van der Waals surface area contributed by atoms with Gasteiger partial charge in [0.05, 0.1) is 0 Å². The highest BCUT2D eigenvalue weighted by molar-refractivity contribution is 5.93. The third-order valence-electron chi connectivity index (χ3n) is 3.62. The van der Waals surface area contributed by atoms with E-state index in [4.69, 9.17) is 5.21 Å². The Bertz CT molecular complexity index is 432. The summed E-state index contributed by atoms with van der Waals surface area (Å²) in [6.07, 6.45) is 1.21. The zero-order valence-electron chi connectivity index (χ0n) is 9.39. The maximum atomic E-state index is 11.2. The van der Waals surface area contributed by atoms with Crippen molar-refractivity contribution in [2.24, 2.45) is 0 Å². The Labute approximate surface area is 99.4 Å². The van der Waals surface area contributed by atoms with E-state index >= 15 is 0 Å². The van der Waals surface area contributed by atoms with Crippen LogP contribution in [-0.4, -0.2) is 36.3 Å². The number of anilines is 1. The fourth-order valence-corrected chi connectivity index (χ4v) is 2.75. The molecule has 0 unspecified atom stereocenters. The summed E-state index contributed by atoms with van der Waals surface area (Å²) in [5.74, 6) is -0.471. The lowest BCUT2D eigenvalue weighted by Crippen LogP contribution is -2.43. The van der Waals surface area contributed by atoms with Crippen LogP contribution in [0.15, 0.2) is 24.3 Å². The summed E-state index contributed by atoms with van der Waals surface area (Å²) < 4.78 is 0. The topological polar surface area (TPSA) is 64.6 Å². The van der Waals surface area contributed by atoms with Gasteiger partial charge in [-0.1, -0.05) is 0 Å². The lowest BCUT2D eigenvalue weighted by atomic mass is 10.1. The fourth-order valence-electron chi connectivity index (χ4n) is 2.75. The third kappa shape index (κ3) is 1.77. The van der Waals surface area contributed by atoms with Crippen LogP contribution in [0.2, 0.25) is 0 Å². The summed E-state index contributed by atoms with van der Waals surface area (Å²) in [7, 11) is 0. The maximum absolute atomic E-state index is 11.2. The average Bonchev–Trinajstić information content (AvgIpc) is 3.00. The van der Waals surface area contributed by atoms with Crippen molar-refractivity contribution in [1.29, 1.82) is 0 Å². The van der Waals surface area contributed by atoms with Crippen molar-refractivity contribution in [3.05, 3.63) is 29.8 Å². The molecule has 2 aliphatic rings. The van der Waals surface area contributed by atoms with Gasteiger partial charge in [-0.2, -0.15) is 0 Å². The van der Waals surface area contributed by atoms with Crippen molar-refractivity contribution in [2.75, 3.05) is 18.0 Å². The lowest BCUT2D eigenvalue weighted by molar-refractivity contribution is 0.0706. The summed E-state index contributed by atoms with van der Waals surface area (Å²) in [6.45, 7) is 2.08. The Morgan fingerprint density at radius 2 is 2.18 bits per heavy atom. The number of nitrogens with one attached hydrogen (secondary N) is 2. The Morgan fingerprint density at radius 3 is 2.71 bits per heavy atom. The molecule has 2 saturated heterocycles. The first-order chi connectivity index (χ1) is 8.28. The van der Waals surface area contributed by atoms with Crippen LogP contribution < -0.4 is 15.7 Å². The molecule has 0 radical (unpaired) electrons. The Morgan fingerprint density at radius 1 is 1.41 bits per heavy atom. The average molecular weight is 233 g/mol. The van der Waals surface area contributed by atoms with E-state index in [2.05, 4.69) is 10.2 Å². The van der Waals surface area contributed by atoms with Gasteiger partial charge in [-0.25, -0.2) is 5.48 Å². The van der Waals surface area contributed by atoms with Gasteiger partial charge in [0.1, 0.15) is 0 Å². The van der Waals surface area contributed by atoms with E-state index in [0.717, 1.165) is 18.8 Å². The molecule has 2 heterocycles. The molecule has 2 bridgehead atoms. The monoisotopic (exact) mass is 233 g/mol. The van der Waals surface area contributed by atoms with Crippen LogP contribution in [0, 0.1) is 0 Å². The van der Waals surface area contributed by atoms with Crippen molar-refractivity contribution in [3.63, 3.8) is 0 Å². The number of benzene rings is 1. The number of hydroxylamine groups is 1. The minimum absolute atomic E-state index is 0.471. The summed E-state index contributed by atoms with van der Waals surface area (Å²) in [6, 6.07) is 8.54. The zero-order chi connectivity index (χ0) is 11.8. The third-order valence-corrected chi connectivity index (χ3v) is 3.62. The second kappa shape index (κ2) is 4.01. The van der Waals surface area contributed by atoms with E-state index in [-0.39, 0.29) is 0 Å². The van der Waals surface area contributed by atoms with Crippen LogP contribution in [0.25, 0.3) is 0 Å². The van der Waals surface area contributed by atoms with E-state index in [1.54, 1.807) is 17.6 Å². The molecular weight excluding hydrogens is 218 g/mol. The first kappa shape index (κ1) is 10.6. The van der Waals surface area contributed by atoms with Gasteiger partial charge in [-0.3, -0.25) is 10.0 Å². The summed E-state index contributed by atoms with van der Waals surface area (Å²) in [4.78, 5) is 13.6. The minimum Gasteiger partial charge on any atom is -0.366 e. The molecule has 5 heteroatoms. The number of rotatable bonds is 2. The van der Waals surface area contributed by atoms with Crippen LogP contribution in [0.3, 0.4) is 0 Å². The normalized spacial score (nSPS) is 26.3. The fraction of sp³-hybridized carbons (Fsp3) is 0.417. The molecule has 1 aromatic carbocycles. The molecule has 1 aromatic rings. The van der Waals surface area contributed by atoms with E-state index in [9.17, 15) is 4.79 Å². The number of nitrogens with zero attached hydrogens (tertiary/aromatic N) is 1. The van der Waals surface area contributed by atoms with Crippen LogP contribution in [0.1, 0.15) is 16.8 Å². The molecule has 90 valence electrons. The maximum Gasteiger partial charge on any atom is 0.274 e. The van der Waals surface area contributed by atoms with Crippen molar-refractivity contribution in [1.82, 2.24) is 10.8 Å². The molecule has 2 aliphatic heterocycles. The number of carbonyl (C=O) groups excluding carboxylic acids is 1. The number of hydrogen-bond donors (Lipinski definition) is 3. The SMILES string of the molecule is O=C(NO)c1ccc(N2C[C@H]3C[C@@H]2CN3)cc1. The first-order valence-electron chi connectivity index (χ1n) is 5.82. The smallest absolute Gasteiger partial charge is 0.274 e. The molecule has 0 aromatic heterocycles. The van der Waals surface area contributed by atoms with E-state index in [1.807, 2.05) is 12.1 Å². The van der Waals surface area contributed by atoms with Gasteiger partial charge >= 0.3 is 0 Å². The number of amides is 1. The highest BCUT2D eigenvalue weighted by Crippen LogP contribution is 2.29. The van der Waals surface area contributed by atoms with E-state index in [0.29, 0.717) is 17.6 Å². The standard InChI is InChI=1S/C12H15N3O2/c16-12(14-17)8-1-3-10(4-2-8)15-7-9-5-11(15)6-13-9/h1-4,9,11,13,17H,5-7H2,(H,14,16)/t9-,11-/m1/s1. The second-order valence-corrected chi connectivity index (χ2v) is 4.63. The van der Waals surface area contributed by atoms with Gasteiger partial charge in [0.15, 0.2) is 0 Å². The van der Waals surface area contributed by atoms with E-state index in [1.165, 1.54) is 6.42 Å². The van der Waals surface area contributed by atoms with Gasteiger partial charge in [-0.05, 0) is 30.7 Å². The molecule has 0 saturated carbocycles. The first-order valence-corrected chi connectivity index (χ1v) is 5.82. The van der Waals surface area contributed by atoms with Crippen LogP contribution >= 0.6 is 0 Å². The summed E-state index contributed by atoms with van der Waals surface area (Å²) in [5.41, 5.74) is 3.25. The van der Waals surface area contributed by atoms with Crippen LogP contribution in [0.4, 0.5) is 5.69 Å². The molecule has 2 atom stereocenters. The molecule has 0 aliphatic carbocycles. The van der Waals surface area contributed by atoms with Gasteiger partial charge in [0, 0.05) is 36.4 Å². The molecule has 5 nitrogen and oxygen atoms in total. The second-order valence-electron chi connectivity index (χ2n) is 4.63. The van der Waals surface area contributed by atoms with Crippen LogP contribution in [-0.2, 0) is 0 Å². The molecule has 2 fully saturated rings. The van der Waals surface area contributed by atoms with Gasteiger partial charge in [0.2, 0.25) is 0 Å². The minimum atomic E-state index is -0.471. The Balaban J connectivity index is 1.78. The molecular formula is C12H15N3O2. The van der Waals surface area contributed by atoms with Gasteiger partial charge < -0.3 is 10.2 Å². The highest BCUT2D eigenvalue weighted by atomic mass is 16.5. The highest BCUT2D eigenvalue weighted by Gasteiger charge is 2.37. The summed E-state index contributed by atoms with van der Waals surface area (Å²) >= 11 is 0. The Kier molecular flexibility index (Phi) is 2.49. The zero-order valence-corrected chi connectivity index (χ0v) is 9.39. The number of fused-ring (bicyclic) bond motifs is 2. The number of carbonyl (C=O) groups is 1. The van der Waals surface area contributed by atoms with Crippen LogP contribution in [0.5, 0.6) is 0 Å². The summed E-state index contributed by atoms with van der Waals surface area (Å²) in [5, 5.41) is 12.0. The van der Waals surface area contributed by atoms with Crippen molar-refractivity contribution in [2.45, 2.75) is 18.5 Å². The Hall–Kier alpha value is -1.59. The molecule has 3 rings (SSSR count). The van der Waals surface area contributed by atoms with Gasteiger partial charge in [0.25, 0.3) is 5.91 Å². The molecule has 0 spiro atoms. The predicted octanol–water partition coefficient (Wildman–Crippen LogP) is 0.356. The van der Waals surface area contributed by atoms with Crippen molar-refractivity contribution >= 4 is 11.6 Å². The van der Waals surface area contributed by atoms with Crippen molar-refractivity contribution in [3.8, 4) is 0 Å². The quantitative estimate of drug-likeness (QED) is 0.509. The number of piperazine rings is 1. The predicted molar refractivity (Wildman–Crippen MR) is 63.2 cm³/mol.